The topological polar surface area (TPSA) is 79.8 Å². The number of hydrogen-bond acceptors (Lipinski definition) is 6. The van der Waals surface area contributed by atoms with E-state index < -0.39 is 0 Å². The van der Waals surface area contributed by atoms with Crippen LogP contribution in [0.3, 0.4) is 0 Å². The van der Waals surface area contributed by atoms with Gasteiger partial charge in [0.1, 0.15) is 5.82 Å². The first-order valence-electron chi connectivity index (χ1n) is 7.58. The van der Waals surface area contributed by atoms with Gasteiger partial charge in [0.2, 0.25) is 17.8 Å². The second-order valence-corrected chi connectivity index (χ2v) is 7.63. The van der Waals surface area contributed by atoms with Crippen molar-refractivity contribution in [1.82, 2.24) is 15.0 Å². The van der Waals surface area contributed by atoms with Gasteiger partial charge in [0.25, 0.3) is 0 Å². The third kappa shape index (κ3) is 5.58. The maximum atomic E-state index is 11.2. The minimum absolute atomic E-state index is 0.173. The van der Waals surface area contributed by atoms with E-state index >= 15 is 0 Å². The molecule has 0 fully saturated rings. The molecule has 0 aromatic carbocycles. The van der Waals surface area contributed by atoms with Gasteiger partial charge in [-0.15, -0.1) is 11.3 Å². The highest BCUT2D eigenvalue weighted by atomic mass is 35.5. The number of carbonyl (C=O) groups is 1. The van der Waals surface area contributed by atoms with Crippen LogP contribution < -0.4 is 10.6 Å². The van der Waals surface area contributed by atoms with Crippen molar-refractivity contribution in [3.05, 3.63) is 26.1 Å². The number of carbonyl (C=O) groups excluding carboxylic acids is 1. The average Bonchev–Trinajstić information content (AvgIpc) is 2.80. The van der Waals surface area contributed by atoms with E-state index in [-0.39, 0.29) is 17.9 Å². The van der Waals surface area contributed by atoms with Crippen LogP contribution in [0.2, 0.25) is 8.67 Å². The van der Waals surface area contributed by atoms with Crippen molar-refractivity contribution in [1.29, 1.82) is 0 Å². The predicted octanol–water partition coefficient (Wildman–Crippen LogP) is 4.33. The van der Waals surface area contributed by atoms with E-state index in [1.165, 1.54) is 18.3 Å². The molecule has 6 nitrogen and oxygen atoms in total. The van der Waals surface area contributed by atoms with Gasteiger partial charge in [-0.25, -0.2) is 0 Å². The Labute approximate surface area is 155 Å². The van der Waals surface area contributed by atoms with Crippen molar-refractivity contribution in [3.63, 3.8) is 0 Å². The largest absolute Gasteiger partial charge is 0.351 e. The summed E-state index contributed by atoms with van der Waals surface area (Å²) < 4.78 is 1.43. The fourth-order valence-corrected chi connectivity index (χ4v) is 3.74. The minimum atomic E-state index is -0.220. The molecule has 130 valence electrons. The standard InChI is InChI=1S/C15H19Cl2N5OS/c1-4-11(6-5-10-7-12(16)24-13(10)17)21-15-19-8(2)18-14(22-15)20-9(3)23/h7,11H,4-6H2,1-3H3,(H2,18,19,20,21,22,23). The molecule has 0 saturated carbocycles. The number of anilines is 2. The van der Waals surface area contributed by atoms with E-state index in [2.05, 4.69) is 32.5 Å². The Kier molecular flexibility index (Phi) is 6.77. The van der Waals surface area contributed by atoms with E-state index in [9.17, 15) is 4.79 Å². The molecule has 0 bridgehead atoms. The zero-order valence-electron chi connectivity index (χ0n) is 13.7. The Bertz CT molecular complexity index is 722. The molecule has 0 spiro atoms. The van der Waals surface area contributed by atoms with Crippen LogP contribution in [0.1, 0.15) is 38.1 Å². The first-order valence-corrected chi connectivity index (χ1v) is 9.15. The SMILES string of the molecule is CCC(CCc1cc(Cl)sc1Cl)Nc1nc(C)nc(NC(C)=O)n1. The molecule has 2 N–H and O–H groups in total. The molecule has 0 aliphatic carbocycles. The fourth-order valence-electron chi connectivity index (χ4n) is 2.20. The maximum Gasteiger partial charge on any atom is 0.234 e. The molecule has 1 unspecified atom stereocenters. The summed E-state index contributed by atoms with van der Waals surface area (Å²) in [5.41, 5.74) is 1.05. The van der Waals surface area contributed by atoms with E-state index in [0.29, 0.717) is 16.1 Å². The van der Waals surface area contributed by atoms with Crippen molar-refractivity contribution in [3.8, 4) is 0 Å². The molecule has 0 radical (unpaired) electrons. The molecule has 9 heteroatoms. The highest BCUT2D eigenvalue weighted by Crippen LogP contribution is 2.32. The highest BCUT2D eigenvalue weighted by molar-refractivity contribution is 7.20. The summed E-state index contributed by atoms with van der Waals surface area (Å²) in [4.78, 5) is 23.7. The second-order valence-electron chi connectivity index (χ2n) is 5.35. The molecule has 2 aromatic heterocycles. The van der Waals surface area contributed by atoms with Crippen molar-refractivity contribution in [2.24, 2.45) is 0 Å². The lowest BCUT2D eigenvalue weighted by Crippen LogP contribution is -2.22. The van der Waals surface area contributed by atoms with Gasteiger partial charge in [0.05, 0.1) is 8.67 Å². The third-order valence-corrected chi connectivity index (χ3v) is 4.92. The number of rotatable bonds is 7. The first-order chi connectivity index (χ1) is 11.4. The predicted molar refractivity (Wildman–Crippen MR) is 99.2 cm³/mol. The zero-order valence-corrected chi connectivity index (χ0v) is 16.0. The number of thiophene rings is 1. The Morgan fingerprint density at radius 3 is 2.58 bits per heavy atom. The Morgan fingerprint density at radius 2 is 2.00 bits per heavy atom. The van der Waals surface area contributed by atoms with E-state index in [1.807, 2.05) is 6.07 Å². The molecule has 0 aliphatic heterocycles. The lowest BCUT2D eigenvalue weighted by Gasteiger charge is -2.17. The molecular weight excluding hydrogens is 369 g/mol. The number of hydrogen-bond donors (Lipinski definition) is 2. The quantitative estimate of drug-likeness (QED) is 0.738. The van der Waals surface area contributed by atoms with Gasteiger partial charge in [-0.1, -0.05) is 30.1 Å². The number of aryl methyl sites for hydroxylation is 2. The first kappa shape index (κ1) is 18.9. The van der Waals surface area contributed by atoms with Crippen LogP contribution in [-0.2, 0) is 11.2 Å². The van der Waals surface area contributed by atoms with Gasteiger partial charge in [0, 0.05) is 13.0 Å². The summed E-state index contributed by atoms with van der Waals surface area (Å²) in [5, 5.41) is 5.87. The van der Waals surface area contributed by atoms with Gasteiger partial charge in [-0.05, 0) is 37.8 Å². The molecule has 2 heterocycles. The molecule has 2 rings (SSSR count). The summed E-state index contributed by atoms with van der Waals surface area (Å²) >= 11 is 13.5. The van der Waals surface area contributed by atoms with Gasteiger partial charge < -0.3 is 5.32 Å². The van der Waals surface area contributed by atoms with Crippen LogP contribution in [0, 0.1) is 6.92 Å². The lowest BCUT2D eigenvalue weighted by molar-refractivity contribution is -0.114. The normalized spacial score (nSPS) is 12.0. The van der Waals surface area contributed by atoms with Gasteiger partial charge in [0.15, 0.2) is 0 Å². The van der Waals surface area contributed by atoms with Gasteiger partial charge >= 0.3 is 0 Å². The third-order valence-electron chi connectivity index (χ3n) is 3.35. The van der Waals surface area contributed by atoms with Crippen LogP contribution in [0.4, 0.5) is 11.9 Å². The molecule has 0 saturated heterocycles. The summed E-state index contributed by atoms with van der Waals surface area (Å²) in [5.74, 6) is 1.02. The summed E-state index contributed by atoms with van der Waals surface area (Å²) in [6, 6.07) is 2.08. The number of aromatic nitrogens is 3. The minimum Gasteiger partial charge on any atom is -0.351 e. The monoisotopic (exact) mass is 387 g/mol. The lowest BCUT2D eigenvalue weighted by atomic mass is 10.1. The number of halogens is 2. The van der Waals surface area contributed by atoms with E-state index in [1.54, 1.807) is 6.92 Å². The number of nitrogens with one attached hydrogen (secondary N) is 2. The van der Waals surface area contributed by atoms with E-state index in [4.69, 9.17) is 23.2 Å². The molecular formula is C15H19Cl2N5OS. The zero-order chi connectivity index (χ0) is 17.7. The van der Waals surface area contributed by atoms with Gasteiger partial charge in [-0.3, -0.25) is 10.1 Å². The maximum absolute atomic E-state index is 11.2. The van der Waals surface area contributed by atoms with Crippen LogP contribution in [0.25, 0.3) is 0 Å². The van der Waals surface area contributed by atoms with E-state index in [0.717, 1.165) is 29.2 Å². The molecule has 1 amide bonds. The highest BCUT2D eigenvalue weighted by Gasteiger charge is 2.13. The van der Waals surface area contributed by atoms with Crippen molar-refractivity contribution in [2.45, 2.75) is 46.1 Å². The van der Waals surface area contributed by atoms with Crippen molar-refractivity contribution < 1.29 is 4.79 Å². The number of amides is 1. The van der Waals surface area contributed by atoms with Crippen LogP contribution in [-0.4, -0.2) is 26.9 Å². The van der Waals surface area contributed by atoms with Crippen molar-refractivity contribution >= 4 is 52.3 Å². The Balaban J connectivity index is 2.02. The van der Waals surface area contributed by atoms with Gasteiger partial charge in [-0.2, -0.15) is 15.0 Å². The second kappa shape index (κ2) is 8.60. The van der Waals surface area contributed by atoms with Crippen molar-refractivity contribution in [2.75, 3.05) is 10.6 Å². The Hall–Kier alpha value is -1.44. The molecule has 2 aromatic rings. The summed E-state index contributed by atoms with van der Waals surface area (Å²) in [7, 11) is 0. The summed E-state index contributed by atoms with van der Waals surface area (Å²) in [6.45, 7) is 5.26. The fraction of sp³-hybridized carbons (Fsp3) is 0.467. The molecule has 24 heavy (non-hydrogen) atoms. The van der Waals surface area contributed by atoms with Crippen LogP contribution in [0.5, 0.6) is 0 Å². The molecule has 0 aliphatic rings. The summed E-state index contributed by atoms with van der Waals surface area (Å²) in [6.07, 6.45) is 2.58. The Morgan fingerprint density at radius 1 is 1.29 bits per heavy atom. The average molecular weight is 388 g/mol. The van der Waals surface area contributed by atoms with Crippen LogP contribution in [0.15, 0.2) is 6.07 Å². The number of nitrogens with zero attached hydrogens (tertiary/aromatic N) is 3. The molecule has 1 atom stereocenters. The van der Waals surface area contributed by atoms with Crippen LogP contribution >= 0.6 is 34.5 Å². The smallest absolute Gasteiger partial charge is 0.234 e.